The normalized spacial score (nSPS) is 20.9. The van der Waals surface area contributed by atoms with E-state index in [1.54, 1.807) is 37.4 Å². The van der Waals surface area contributed by atoms with Crippen LogP contribution in [0.5, 0.6) is 5.75 Å². The van der Waals surface area contributed by atoms with E-state index in [1.165, 1.54) is 4.90 Å². The smallest absolute Gasteiger partial charge is 0.337 e. The van der Waals surface area contributed by atoms with Gasteiger partial charge in [-0.25, -0.2) is 9.18 Å². The number of hydrogen-bond donors (Lipinski definition) is 1. The van der Waals surface area contributed by atoms with Crippen molar-refractivity contribution in [1.82, 2.24) is 9.80 Å². The number of amides is 1. The molecule has 0 spiro atoms. The van der Waals surface area contributed by atoms with E-state index in [4.69, 9.17) is 37.4 Å². The van der Waals surface area contributed by atoms with Gasteiger partial charge in [-0.3, -0.25) is 9.69 Å². The Morgan fingerprint density at radius 3 is 2.57 bits per heavy atom. The first-order chi connectivity index (χ1) is 23.7. The summed E-state index contributed by atoms with van der Waals surface area (Å²) in [7, 11) is 1.70. The summed E-state index contributed by atoms with van der Waals surface area (Å²) in [5, 5.41) is 10.5. The molecule has 10 nitrogen and oxygen atoms in total. The predicted molar refractivity (Wildman–Crippen MR) is 186 cm³/mol. The average molecular weight is 714 g/mol. The van der Waals surface area contributed by atoms with Gasteiger partial charge in [-0.1, -0.05) is 41.4 Å². The Bertz CT molecular complexity index is 1730. The Balaban J connectivity index is 1.12. The number of carboxylic acid groups (broad SMARTS) is 1. The summed E-state index contributed by atoms with van der Waals surface area (Å²) in [4.78, 5) is 34.2. The fraction of sp³-hybridized carbons (Fsp3) is 0.444. The molecule has 260 valence electrons. The summed E-state index contributed by atoms with van der Waals surface area (Å²) in [6.07, 6.45) is 1.81. The van der Waals surface area contributed by atoms with Crippen molar-refractivity contribution in [3.8, 4) is 16.9 Å². The molecule has 3 aromatic rings. The molecule has 2 bridgehead atoms. The molecule has 0 aliphatic carbocycles. The predicted octanol–water partition coefficient (Wildman–Crippen LogP) is 5.87. The zero-order valence-corrected chi connectivity index (χ0v) is 28.8. The molecule has 7 rings (SSSR count). The number of benzene rings is 3. The summed E-state index contributed by atoms with van der Waals surface area (Å²) in [5.41, 5.74) is 2.84. The van der Waals surface area contributed by atoms with Crippen molar-refractivity contribution in [1.29, 1.82) is 0 Å². The van der Waals surface area contributed by atoms with Crippen molar-refractivity contribution in [3.63, 3.8) is 0 Å². The molecule has 3 fully saturated rings. The molecule has 4 heterocycles. The zero-order chi connectivity index (χ0) is 34.2. The van der Waals surface area contributed by atoms with Gasteiger partial charge in [0.1, 0.15) is 11.6 Å². The molecule has 3 saturated heterocycles. The molecule has 0 radical (unpaired) electrons. The number of aromatic carboxylic acids is 1. The number of methoxy groups -OCH3 is 1. The van der Waals surface area contributed by atoms with Gasteiger partial charge >= 0.3 is 5.97 Å². The molecular formula is C36H39Cl2FN4O6. The molecule has 3 aromatic carbocycles. The van der Waals surface area contributed by atoms with Crippen LogP contribution in [-0.2, 0) is 16.0 Å². The number of nitrogens with zero attached hydrogens (tertiary/aromatic N) is 4. The van der Waals surface area contributed by atoms with Crippen molar-refractivity contribution in [2.45, 2.75) is 25.4 Å². The van der Waals surface area contributed by atoms with Gasteiger partial charge in [0.15, 0.2) is 6.73 Å². The molecule has 4 aliphatic heterocycles. The lowest BCUT2D eigenvalue weighted by Gasteiger charge is -2.36. The number of fused-ring (bicyclic) bond motifs is 3. The minimum absolute atomic E-state index is 0.0217. The number of ether oxygens (including phenoxy) is 3. The number of carbonyl (C=O) groups excluding carboxylic acids is 1. The highest BCUT2D eigenvalue weighted by Crippen LogP contribution is 2.43. The second kappa shape index (κ2) is 14.3. The van der Waals surface area contributed by atoms with Crippen LogP contribution in [0.1, 0.15) is 39.1 Å². The van der Waals surface area contributed by atoms with E-state index >= 15 is 4.39 Å². The third-order valence-corrected chi connectivity index (χ3v) is 10.7. The van der Waals surface area contributed by atoms with Crippen LogP contribution < -0.4 is 14.5 Å². The third kappa shape index (κ3) is 6.79. The van der Waals surface area contributed by atoms with Gasteiger partial charge in [0.2, 0.25) is 0 Å². The summed E-state index contributed by atoms with van der Waals surface area (Å²) in [6.45, 7) is 6.91. The third-order valence-electron chi connectivity index (χ3n) is 10.1. The lowest BCUT2D eigenvalue weighted by atomic mass is 9.97. The lowest BCUT2D eigenvalue weighted by molar-refractivity contribution is 0.0516. The van der Waals surface area contributed by atoms with Gasteiger partial charge in [0.05, 0.1) is 52.7 Å². The number of carboxylic acids is 1. The summed E-state index contributed by atoms with van der Waals surface area (Å²) in [6, 6.07) is 11.7. The largest absolute Gasteiger partial charge is 0.478 e. The minimum Gasteiger partial charge on any atom is -0.478 e. The first-order valence-corrected chi connectivity index (χ1v) is 17.4. The van der Waals surface area contributed by atoms with Crippen molar-refractivity contribution in [3.05, 3.63) is 75.0 Å². The number of carbonyl (C=O) groups is 2. The van der Waals surface area contributed by atoms with Gasteiger partial charge in [0, 0.05) is 75.4 Å². The van der Waals surface area contributed by atoms with Crippen LogP contribution in [0.25, 0.3) is 11.1 Å². The van der Waals surface area contributed by atoms with E-state index in [0.29, 0.717) is 54.8 Å². The van der Waals surface area contributed by atoms with Gasteiger partial charge in [-0.05, 0) is 43.0 Å². The van der Waals surface area contributed by atoms with Gasteiger partial charge in [0.25, 0.3) is 5.91 Å². The average Bonchev–Trinajstić information content (AvgIpc) is 3.35. The maximum atomic E-state index is 15.8. The lowest BCUT2D eigenvalue weighted by Crippen LogP contribution is -2.47. The number of para-hydroxylation sites is 1. The second-order valence-electron chi connectivity index (χ2n) is 13.1. The van der Waals surface area contributed by atoms with E-state index in [0.717, 1.165) is 57.3 Å². The van der Waals surface area contributed by atoms with Gasteiger partial charge < -0.3 is 34.0 Å². The summed E-state index contributed by atoms with van der Waals surface area (Å²) in [5.74, 6) is -1.40. The number of rotatable bonds is 8. The van der Waals surface area contributed by atoms with Crippen molar-refractivity contribution >= 4 is 46.5 Å². The Morgan fingerprint density at radius 2 is 1.84 bits per heavy atom. The molecule has 2 atom stereocenters. The van der Waals surface area contributed by atoms with Crippen molar-refractivity contribution < 1.29 is 33.3 Å². The Morgan fingerprint density at radius 1 is 1.06 bits per heavy atom. The molecule has 2 unspecified atom stereocenters. The van der Waals surface area contributed by atoms with Crippen LogP contribution >= 0.6 is 23.2 Å². The highest BCUT2D eigenvalue weighted by atomic mass is 35.5. The quantitative estimate of drug-likeness (QED) is 0.308. The molecule has 0 aromatic heterocycles. The highest BCUT2D eigenvalue weighted by Gasteiger charge is 2.37. The van der Waals surface area contributed by atoms with Crippen LogP contribution in [0.3, 0.4) is 0 Å². The number of halogens is 3. The van der Waals surface area contributed by atoms with Crippen LogP contribution in [0.4, 0.5) is 15.8 Å². The van der Waals surface area contributed by atoms with Gasteiger partial charge in [-0.15, -0.1) is 0 Å². The maximum Gasteiger partial charge on any atom is 0.337 e. The molecular weight excluding hydrogens is 674 g/mol. The molecule has 4 aliphatic rings. The maximum absolute atomic E-state index is 15.8. The Kier molecular flexibility index (Phi) is 9.90. The van der Waals surface area contributed by atoms with Crippen molar-refractivity contribution in [2.75, 3.05) is 82.7 Å². The summed E-state index contributed by atoms with van der Waals surface area (Å²) >= 11 is 13.4. The molecule has 0 saturated carbocycles. The monoisotopic (exact) mass is 712 g/mol. The van der Waals surface area contributed by atoms with E-state index in [-0.39, 0.29) is 52.0 Å². The Labute approximate surface area is 294 Å². The van der Waals surface area contributed by atoms with Crippen molar-refractivity contribution in [2.24, 2.45) is 5.92 Å². The number of anilines is 2. The van der Waals surface area contributed by atoms with E-state index in [2.05, 4.69) is 14.7 Å². The molecule has 1 N–H and O–H groups in total. The molecule has 1 amide bonds. The molecule has 49 heavy (non-hydrogen) atoms. The number of piperazine rings is 1. The zero-order valence-electron chi connectivity index (χ0n) is 27.3. The topological polar surface area (TPSA) is 95.0 Å². The van der Waals surface area contributed by atoms with E-state index in [1.807, 2.05) is 6.07 Å². The molecule has 13 heteroatoms. The van der Waals surface area contributed by atoms with E-state index < -0.39 is 11.8 Å². The second-order valence-corrected chi connectivity index (χ2v) is 13.9. The van der Waals surface area contributed by atoms with Crippen LogP contribution in [0, 0.1) is 11.7 Å². The minimum atomic E-state index is -1.19. The highest BCUT2D eigenvalue weighted by molar-refractivity contribution is 6.40. The van der Waals surface area contributed by atoms with E-state index in [9.17, 15) is 14.7 Å². The first kappa shape index (κ1) is 33.9. The Hall–Kier alpha value is -3.61. The SMILES string of the molecule is COCCN1CCN(c2cc(Cl)c(C(=O)N3COc4c(cccc4-c4cc(N5CC6CCOCC5C6)c(C(=O)O)cc4F)C3)c(Cl)c2)CC1. The fourth-order valence-electron chi connectivity index (χ4n) is 7.49. The van der Waals surface area contributed by atoms with Crippen LogP contribution in [0.15, 0.2) is 42.5 Å². The van der Waals surface area contributed by atoms with Crippen LogP contribution in [-0.4, -0.2) is 106 Å². The van der Waals surface area contributed by atoms with Gasteiger partial charge in [-0.2, -0.15) is 0 Å². The van der Waals surface area contributed by atoms with Crippen LogP contribution in [0.2, 0.25) is 10.0 Å². The number of hydrogen-bond acceptors (Lipinski definition) is 8. The standard InChI is InChI=1S/C36H39Cl2FN4O6/c1-47-12-10-40-6-8-41(9-7-40)24-14-29(37)33(30(38)15-24)35(44)42-19-23-3-2-4-26(34(23)49-21-42)27-17-32(28(36(45)46)16-31(27)39)43-18-22-5-11-48-20-25(43)13-22/h2-4,14-17,22,25H,5-13,18-21H2,1H3,(H,45,46). The fourth-order valence-corrected chi connectivity index (χ4v) is 8.13. The first-order valence-electron chi connectivity index (χ1n) is 16.6. The summed E-state index contributed by atoms with van der Waals surface area (Å²) < 4.78 is 32.9.